The van der Waals surface area contributed by atoms with Gasteiger partial charge in [-0.25, -0.2) is 0 Å². The van der Waals surface area contributed by atoms with E-state index in [1.807, 2.05) is 6.92 Å². The maximum atomic E-state index is 11.0. The van der Waals surface area contributed by atoms with Gasteiger partial charge >= 0.3 is 0 Å². The number of nitrogens with zero attached hydrogens (tertiary/aromatic N) is 1. The van der Waals surface area contributed by atoms with Gasteiger partial charge in [0.05, 0.1) is 0 Å². The van der Waals surface area contributed by atoms with Crippen LogP contribution in [0, 0.1) is 12.3 Å². The highest BCUT2D eigenvalue weighted by Crippen LogP contribution is 2.13. The van der Waals surface area contributed by atoms with Crippen LogP contribution in [0.2, 0.25) is 0 Å². The average molecular weight is 152 g/mol. The third-order valence-corrected chi connectivity index (χ3v) is 1.94. The van der Waals surface area contributed by atoms with Crippen LogP contribution in [0.1, 0.15) is 13.3 Å². The number of β-lactam (4-membered cyclic amide) rings is 1. The molecule has 0 radical (unpaired) electrons. The van der Waals surface area contributed by atoms with Crippen molar-refractivity contribution < 1.29 is 4.79 Å². The van der Waals surface area contributed by atoms with Crippen molar-refractivity contribution in [3.63, 3.8) is 0 Å². The minimum atomic E-state index is -0.282. The fourth-order valence-electron chi connectivity index (χ4n) is 1.16. The maximum absolute atomic E-state index is 11.0. The van der Waals surface area contributed by atoms with E-state index in [4.69, 9.17) is 12.2 Å². The van der Waals surface area contributed by atoms with E-state index in [9.17, 15) is 4.79 Å². The fraction of sp³-hybridized carbons (Fsp3) is 0.625. The van der Waals surface area contributed by atoms with Crippen LogP contribution in [0.4, 0.5) is 0 Å². The zero-order valence-corrected chi connectivity index (χ0v) is 6.58. The Morgan fingerprint density at radius 3 is 3.00 bits per heavy atom. The highest BCUT2D eigenvalue weighted by Gasteiger charge is 2.35. The van der Waals surface area contributed by atoms with E-state index in [-0.39, 0.29) is 18.0 Å². The van der Waals surface area contributed by atoms with Gasteiger partial charge in [-0.05, 0) is 6.92 Å². The van der Waals surface area contributed by atoms with Gasteiger partial charge in [0.15, 0.2) is 0 Å². The van der Waals surface area contributed by atoms with Crippen molar-refractivity contribution >= 4 is 5.91 Å². The smallest absolute Gasteiger partial charge is 0.241 e. The summed E-state index contributed by atoms with van der Waals surface area (Å²) in [7, 11) is 0. The second-order valence-electron chi connectivity index (χ2n) is 2.85. The lowest BCUT2D eigenvalue weighted by molar-refractivity contribution is -0.144. The highest BCUT2D eigenvalue weighted by atomic mass is 16.2. The summed E-state index contributed by atoms with van der Waals surface area (Å²) >= 11 is 0. The molecule has 1 heterocycles. The minimum Gasteiger partial charge on any atom is -0.336 e. The molecule has 0 bridgehead atoms. The van der Waals surface area contributed by atoms with Crippen molar-refractivity contribution in [1.29, 1.82) is 0 Å². The summed E-state index contributed by atoms with van der Waals surface area (Å²) in [4.78, 5) is 12.7. The predicted molar refractivity (Wildman–Crippen MR) is 42.6 cm³/mol. The molecule has 3 heteroatoms. The van der Waals surface area contributed by atoms with Crippen molar-refractivity contribution in [3.05, 3.63) is 0 Å². The van der Waals surface area contributed by atoms with Crippen LogP contribution in [-0.4, -0.2) is 29.4 Å². The minimum absolute atomic E-state index is 0.0211. The van der Waals surface area contributed by atoms with Gasteiger partial charge < -0.3 is 10.6 Å². The monoisotopic (exact) mass is 152 g/mol. The van der Waals surface area contributed by atoms with Crippen LogP contribution in [0.3, 0.4) is 0 Å². The van der Waals surface area contributed by atoms with Crippen molar-refractivity contribution in [2.45, 2.75) is 25.4 Å². The molecule has 0 aliphatic carbocycles. The molecule has 3 nitrogen and oxygen atoms in total. The highest BCUT2D eigenvalue weighted by molar-refractivity contribution is 5.87. The van der Waals surface area contributed by atoms with E-state index in [1.54, 1.807) is 4.90 Å². The van der Waals surface area contributed by atoms with Crippen LogP contribution in [0.25, 0.3) is 0 Å². The lowest BCUT2D eigenvalue weighted by atomic mass is 10.0. The zero-order chi connectivity index (χ0) is 8.43. The Hall–Kier alpha value is -1.01. The summed E-state index contributed by atoms with van der Waals surface area (Å²) in [5.41, 5.74) is 5.40. The third kappa shape index (κ3) is 1.36. The van der Waals surface area contributed by atoms with E-state index >= 15 is 0 Å². The fourth-order valence-corrected chi connectivity index (χ4v) is 1.16. The summed E-state index contributed by atoms with van der Waals surface area (Å²) in [6, 6.07) is -0.137. The van der Waals surface area contributed by atoms with Crippen LogP contribution in [0.5, 0.6) is 0 Å². The van der Waals surface area contributed by atoms with Gasteiger partial charge in [0.25, 0.3) is 0 Å². The Balaban J connectivity index is 2.40. The molecule has 1 rings (SSSR count). The first-order valence-electron chi connectivity index (χ1n) is 3.66. The molecule has 60 valence electrons. The quantitative estimate of drug-likeness (QED) is 0.431. The number of carbonyl (C=O) groups is 1. The van der Waals surface area contributed by atoms with Gasteiger partial charge in [-0.15, -0.1) is 12.3 Å². The van der Waals surface area contributed by atoms with E-state index in [0.29, 0.717) is 13.0 Å². The number of nitrogens with two attached hydrogens (primary N) is 1. The van der Waals surface area contributed by atoms with Gasteiger partial charge in [-0.2, -0.15) is 0 Å². The molecule has 2 N–H and O–H groups in total. The molecule has 11 heavy (non-hydrogen) atoms. The maximum Gasteiger partial charge on any atom is 0.241 e. The molecule has 0 aromatic heterocycles. The summed E-state index contributed by atoms with van der Waals surface area (Å²) in [5, 5.41) is 0. The average Bonchev–Trinajstić information content (AvgIpc) is 1.99. The van der Waals surface area contributed by atoms with Gasteiger partial charge in [0.1, 0.15) is 6.04 Å². The van der Waals surface area contributed by atoms with Crippen LogP contribution in [0.15, 0.2) is 0 Å². The Morgan fingerprint density at radius 1 is 2.00 bits per heavy atom. The topological polar surface area (TPSA) is 46.3 Å². The zero-order valence-electron chi connectivity index (χ0n) is 6.58. The number of terminal acetylenes is 1. The molecule has 1 aliphatic rings. The summed E-state index contributed by atoms with van der Waals surface area (Å²) < 4.78 is 0. The number of likely N-dealkylation sites (tertiary alicyclic amines) is 1. The Morgan fingerprint density at radius 2 is 2.64 bits per heavy atom. The van der Waals surface area contributed by atoms with Gasteiger partial charge in [0, 0.05) is 19.0 Å². The Kier molecular flexibility index (Phi) is 2.16. The second-order valence-corrected chi connectivity index (χ2v) is 2.85. The number of carbonyl (C=O) groups excluding carboxylic acids is 1. The van der Waals surface area contributed by atoms with Crippen LogP contribution in [-0.2, 0) is 4.79 Å². The molecular formula is C8H12N2O. The number of hydrogen-bond donors (Lipinski definition) is 1. The van der Waals surface area contributed by atoms with E-state index in [0.717, 1.165) is 0 Å². The Bertz CT molecular complexity index is 207. The molecule has 1 aliphatic heterocycles. The molecule has 0 aromatic rings. The Labute approximate surface area is 66.5 Å². The molecule has 1 saturated heterocycles. The molecule has 2 unspecified atom stereocenters. The van der Waals surface area contributed by atoms with Crippen LogP contribution < -0.4 is 5.73 Å². The predicted octanol–water partition coefficient (Wildman–Crippen LogP) is -0.432. The van der Waals surface area contributed by atoms with Crippen LogP contribution >= 0.6 is 0 Å². The van der Waals surface area contributed by atoms with E-state index in [2.05, 4.69) is 5.92 Å². The van der Waals surface area contributed by atoms with Crippen molar-refractivity contribution in [3.8, 4) is 12.3 Å². The summed E-state index contributed by atoms with van der Waals surface area (Å²) in [6.07, 6.45) is 5.72. The van der Waals surface area contributed by atoms with Gasteiger partial charge in [0.2, 0.25) is 5.91 Å². The lowest BCUT2D eigenvalue weighted by Gasteiger charge is -2.40. The molecule has 0 spiro atoms. The van der Waals surface area contributed by atoms with E-state index < -0.39 is 0 Å². The molecule has 2 atom stereocenters. The molecule has 1 amide bonds. The lowest BCUT2D eigenvalue weighted by Crippen LogP contribution is -2.63. The molecule has 0 saturated carbocycles. The van der Waals surface area contributed by atoms with Crippen molar-refractivity contribution in [2.75, 3.05) is 6.54 Å². The summed E-state index contributed by atoms with van der Waals surface area (Å²) in [6.45, 7) is 2.59. The third-order valence-electron chi connectivity index (χ3n) is 1.94. The largest absolute Gasteiger partial charge is 0.336 e. The van der Waals surface area contributed by atoms with Crippen molar-refractivity contribution in [2.24, 2.45) is 5.73 Å². The molecular weight excluding hydrogens is 140 g/mol. The first kappa shape index (κ1) is 8.09. The van der Waals surface area contributed by atoms with Gasteiger partial charge in [-0.1, -0.05) is 0 Å². The molecule has 1 fully saturated rings. The SMILES string of the molecule is C#CCC(C)N1CC(N)C1=O. The second kappa shape index (κ2) is 2.93. The normalized spacial score (nSPS) is 25.7. The van der Waals surface area contributed by atoms with E-state index in [1.165, 1.54) is 0 Å². The molecule has 0 aromatic carbocycles. The number of hydrogen-bond acceptors (Lipinski definition) is 2. The number of amides is 1. The summed E-state index contributed by atoms with van der Waals surface area (Å²) in [5.74, 6) is 2.54. The first-order chi connectivity index (χ1) is 5.16. The number of rotatable bonds is 2. The van der Waals surface area contributed by atoms with Crippen molar-refractivity contribution in [1.82, 2.24) is 4.90 Å². The standard InChI is InChI=1S/C8H12N2O/c1-3-4-6(2)10-5-7(9)8(10)11/h1,6-7H,4-5,9H2,2H3. The first-order valence-corrected chi connectivity index (χ1v) is 3.66. The van der Waals surface area contributed by atoms with Gasteiger partial charge in [-0.3, -0.25) is 4.79 Å².